The molecule has 0 atom stereocenters. The summed E-state index contributed by atoms with van der Waals surface area (Å²) in [5.41, 5.74) is 10.5. The van der Waals surface area contributed by atoms with Gasteiger partial charge < -0.3 is 0 Å². The Labute approximate surface area is 251 Å². The Morgan fingerprint density at radius 1 is 0.372 bits per heavy atom. The van der Waals surface area contributed by atoms with Gasteiger partial charge in [0.05, 0.1) is 0 Å². The molecule has 43 heavy (non-hydrogen) atoms. The predicted molar refractivity (Wildman–Crippen MR) is 185 cm³/mol. The van der Waals surface area contributed by atoms with Crippen LogP contribution in [0.2, 0.25) is 0 Å². The quantitative estimate of drug-likeness (QED) is 0.149. The van der Waals surface area contributed by atoms with E-state index in [1.165, 1.54) is 87.6 Å². The molecule has 0 saturated heterocycles. The minimum absolute atomic E-state index is 0.0876. The third-order valence-electron chi connectivity index (χ3n) is 9.83. The molecule has 0 heteroatoms. The summed E-state index contributed by atoms with van der Waals surface area (Å²) in [7, 11) is 0. The number of benzene rings is 8. The summed E-state index contributed by atoms with van der Waals surface area (Å²) in [5.74, 6) is 0. The monoisotopic (exact) mass is 546 g/mol. The van der Waals surface area contributed by atoms with Crippen LogP contribution in [0.5, 0.6) is 0 Å². The lowest BCUT2D eigenvalue weighted by Gasteiger charge is -2.35. The van der Waals surface area contributed by atoms with Crippen LogP contribution in [-0.4, -0.2) is 0 Å². The van der Waals surface area contributed by atoms with Crippen LogP contribution in [0.25, 0.3) is 76.5 Å². The van der Waals surface area contributed by atoms with Crippen LogP contribution in [-0.2, 0) is 5.41 Å². The molecule has 0 radical (unpaired) electrons. The van der Waals surface area contributed by atoms with Crippen LogP contribution in [0.4, 0.5) is 0 Å². The van der Waals surface area contributed by atoms with Gasteiger partial charge in [0.25, 0.3) is 0 Å². The van der Waals surface area contributed by atoms with E-state index in [9.17, 15) is 0 Å². The standard InChI is InChI=1S/C43H30/c1-43(2)37-25-23-30(26-36(37)34-20-10-15-29-16-11-21-38(43)40(29)34)41-33-19-9-8-18-32(33)39(28-13-4-3-5-14-28)35-24-22-27-12-6-7-17-31(27)42(35)41/h3-26H,1-2H3. The molecule has 1 aliphatic carbocycles. The van der Waals surface area contributed by atoms with Gasteiger partial charge in [-0.1, -0.05) is 153 Å². The average Bonchev–Trinajstić information content (AvgIpc) is 3.06. The third kappa shape index (κ3) is 3.38. The molecule has 8 aromatic rings. The lowest BCUT2D eigenvalue weighted by Crippen LogP contribution is -2.23. The molecule has 0 saturated carbocycles. The maximum atomic E-state index is 2.48. The molecule has 9 rings (SSSR count). The minimum atomic E-state index is -0.0876. The SMILES string of the molecule is CC1(C)c2ccc(-c3c4ccccc4c(-c4ccccc4)c4ccc5ccccc5c34)cc2-c2cccc3cccc1c23. The summed E-state index contributed by atoms with van der Waals surface area (Å²) in [6.45, 7) is 4.76. The number of rotatable bonds is 2. The van der Waals surface area contributed by atoms with Crippen LogP contribution in [0.1, 0.15) is 25.0 Å². The molecule has 0 heterocycles. The first-order valence-electron chi connectivity index (χ1n) is 15.2. The van der Waals surface area contributed by atoms with Crippen molar-refractivity contribution < 1.29 is 0 Å². The predicted octanol–water partition coefficient (Wildman–Crippen LogP) is 11.9. The van der Waals surface area contributed by atoms with E-state index in [1.807, 2.05) is 0 Å². The maximum Gasteiger partial charge on any atom is 0.0159 e. The van der Waals surface area contributed by atoms with E-state index in [2.05, 4.69) is 159 Å². The highest BCUT2D eigenvalue weighted by Gasteiger charge is 2.33. The van der Waals surface area contributed by atoms with Gasteiger partial charge in [-0.25, -0.2) is 0 Å². The van der Waals surface area contributed by atoms with Crippen molar-refractivity contribution in [1.82, 2.24) is 0 Å². The zero-order chi connectivity index (χ0) is 28.7. The average molecular weight is 547 g/mol. The Bertz CT molecular complexity index is 2400. The molecule has 0 aromatic heterocycles. The van der Waals surface area contributed by atoms with Crippen molar-refractivity contribution >= 4 is 43.1 Å². The van der Waals surface area contributed by atoms with Crippen LogP contribution < -0.4 is 0 Å². The molecule has 0 aliphatic heterocycles. The summed E-state index contributed by atoms with van der Waals surface area (Å²) < 4.78 is 0. The fourth-order valence-electron chi connectivity index (χ4n) is 7.86. The molecule has 0 nitrogen and oxygen atoms in total. The molecular formula is C43H30. The summed E-state index contributed by atoms with van der Waals surface area (Å²) in [6, 6.07) is 54.2. The van der Waals surface area contributed by atoms with Crippen LogP contribution in [0.15, 0.2) is 146 Å². The molecule has 0 amide bonds. The van der Waals surface area contributed by atoms with Gasteiger partial charge in [0, 0.05) is 5.41 Å². The molecular weight excluding hydrogens is 516 g/mol. The Morgan fingerprint density at radius 2 is 1.05 bits per heavy atom. The fourth-order valence-corrected chi connectivity index (χ4v) is 7.86. The summed E-state index contributed by atoms with van der Waals surface area (Å²) in [4.78, 5) is 0. The van der Waals surface area contributed by atoms with E-state index in [4.69, 9.17) is 0 Å². The molecule has 8 aromatic carbocycles. The Balaban J connectivity index is 1.45. The van der Waals surface area contributed by atoms with Gasteiger partial charge in [-0.2, -0.15) is 0 Å². The largest absolute Gasteiger partial charge is 0.0622 e. The van der Waals surface area contributed by atoms with E-state index >= 15 is 0 Å². The maximum absolute atomic E-state index is 2.48. The number of fused-ring (bicyclic) bond motifs is 6. The Kier molecular flexibility index (Phi) is 5.05. The first kappa shape index (κ1) is 24.4. The van der Waals surface area contributed by atoms with E-state index in [0.717, 1.165) is 0 Å². The summed E-state index contributed by atoms with van der Waals surface area (Å²) >= 11 is 0. The second-order valence-corrected chi connectivity index (χ2v) is 12.5. The van der Waals surface area contributed by atoms with Crippen molar-refractivity contribution in [3.05, 3.63) is 157 Å². The lowest BCUT2D eigenvalue weighted by molar-refractivity contribution is 0.645. The zero-order valence-electron chi connectivity index (χ0n) is 24.4. The molecule has 1 aliphatic rings. The van der Waals surface area contributed by atoms with Crippen LogP contribution in [0.3, 0.4) is 0 Å². The van der Waals surface area contributed by atoms with Crippen molar-refractivity contribution in [2.45, 2.75) is 19.3 Å². The molecule has 0 fully saturated rings. The van der Waals surface area contributed by atoms with E-state index in [0.29, 0.717) is 0 Å². The molecule has 0 unspecified atom stereocenters. The van der Waals surface area contributed by atoms with Crippen molar-refractivity contribution in [2.75, 3.05) is 0 Å². The number of hydrogen-bond acceptors (Lipinski definition) is 0. The summed E-state index contributed by atoms with van der Waals surface area (Å²) in [6.07, 6.45) is 0. The van der Waals surface area contributed by atoms with Gasteiger partial charge in [-0.05, 0) is 93.7 Å². The third-order valence-corrected chi connectivity index (χ3v) is 9.83. The molecule has 0 spiro atoms. The van der Waals surface area contributed by atoms with Crippen LogP contribution in [0, 0.1) is 0 Å². The van der Waals surface area contributed by atoms with Gasteiger partial charge in [0.1, 0.15) is 0 Å². The van der Waals surface area contributed by atoms with Crippen molar-refractivity contribution in [3.63, 3.8) is 0 Å². The van der Waals surface area contributed by atoms with Gasteiger partial charge in [-0.3, -0.25) is 0 Å². The Hall–Kier alpha value is -5.20. The second kappa shape index (κ2) is 8.90. The summed E-state index contributed by atoms with van der Waals surface area (Å²) in [5, 5.41) is 10.5. The lowest BCUT2D eigenvalue weighted by atomic mass is 9.68. The van der Waals surface area contributed by atoms with E-state index in [-0.39, 0.29) is 5.41 Å². The first-order chi connectivity index (χ1) is 21.1. The molecule has 202 valence electrons. The second-order valence-electron chi connectivity index (χ2n) is 12.5. The van der Waals surface area contributed by atoms with Gasteiger partial charge in [0.15, 0.2) is 0 Å². The first-order valence-corrected chi connectivity index (χ1v) is 15.2. The topological polar surface area (TPSA) is 0 Å². The molecule has 0 bridgehead atoms. The normalized spacial score (nSPS) is 13.5. The molecule has 0 N–H and O–H groups in total. The number of hydrogen-bond donors (Lipinski definition) is 0. The van der Waals surface area contributed by atoms with Crippen molar-refractivity contribution in [1.29, 1.82) is 0 Å². The van der Waals surface area contributed by atoms with Crippen molar-refractivity contribution in [3.8, 4) is 33.4 Å². The van der Waals surface area contributed by atoms with Gasteiger partial charge >= 0.3 is 0 Å². The van der Waals surface area contributed by atoms with Gasteiger partial charge in [-0.15, -0.1) is 0 Å². The van der Waals surface area contributed by atoms with Crippen LogP contribution >= 0.6 is 0 Å². The van der Waals surface area contributed by atoms with Crippen molar-refractivity contribution in [2.24, 2.45) is 0 Å². The Morgan fingerprint density at radius 3 is 1.86 bits per heavy atom. The van der Waals surface area contributed by atoms with E-state index < -0.39 is 0 Å². The van der Waals surface area contributed by atoms with E-state index in [1.54, 1.807) is 0 Å². The zero-order valence-corrected chi connectivity index (χ0v) is 24.4. The smallest absolute Gasteiger partial charge is 0.0159 e. The highest BCUT2D eigenvalue weighted by atomic mass is 14.4. The minimum Gasteiger partial charge on any atom is -0.0622 e. The highest BCUT2D eigenvalue weighted by Crippen LogP contribution is 2.51. The fraction of sp³-hybridized carbons (Fsp3) is 0.0698. The van der Waals surface area contributed by atoms with Gasteiger partial charge in [0.2, 0.25) is 0 Å². The highest BCUT2D eigenvalue weighted by molar-refractivity contribution is 6.28.